The van der Waals surface area contributed by atoms with Gasteiger partial charge < -0.3 is 0 Å². The number of nitrogens with zero attached hydrogens (tertiary/aromatic N) is 3. The standard InChI is InChI=1S/C31H26N3P/c1-21-15-17-32-30(18-21)34-28-12-5-4-11-26(28)27-14-13-24(20-29(27)34)23-9-6-10-25(19-23)35(3)31-22(2)8-7-16-33-31/h4-20H,1-3H3. The van der Waals surface area contributed by atoms with Crippen molar-refractivity contribution in [2.24, 2.45) is 0 Å². The van der Waals surface area contributed by atoms with Crippen molar-refractivity contribution >= 4 is 40.5 Å². The summed E-state index contributed by atoms with van der Waals surface area (Å²) in [5.41, 5.74) is 8.43. The van der Waals surface area contributed by atoms with Gasteiger partial charge in [-0.15, -0.1) is 0 Å². The highest BCUT2D eigenvalue weighted by Gasteiger charge is 2.16. The van der Waals surface area contributed by atoms with E-state index in [4.69, 9.17) is 9.97 Å². The van der Waals surface area contributed by atoms with Gasteiger partial charge in [0.25, 0.3) is 0 Å². The number of hydrogen-bond donors (Lipinski definition) is 0. The molecule has 1 atom stereocenters. The van der Waals surface area contributed by atoms with E-state index < -0.39 is 7.92 Å². The molecule has 3 aromatic carbocycles. The topological polar surface area (TPSA) is 30.7 Å². The Hall–Kier alpha value is -3.81. The molecular formula is C31H26N3P. The highest BCUT2D eigenvalue weighted by atomic mass is 31.1. The monoisotopic (exact) mass is 471 g/mol. The Balaban J connectivity index is 1.52. The number of aromatic nitrogens is 3. The molecule has 0 aliphatic carbocycles. The van der Waals surface area contributed by atoms with Crippen LogP contribution in [0.5, 0.6) is 0 Å². The minimum absolute atomic E-state index is 0.521. The maximum atomic E-state index is 4.72. The molecule has 6 rings (SSSR count). The second-order valence-corrected chi connectivity index (χ2v) is 11.1. The zero-order valence-electron chi connectivity index (χ0n) is 20.1. The summed E-state index contributed by atoms with van der Waals surface area (Å²) in [7, 11) is -0.521. The third-order valence-electron chi connectivity index (χ3n) is 6.67. The summed E-state index contributed by atoms with van der Waals surface area (Å²) in [6.45, 7) is 6.56. The fraction of sp³-hybridized carbons (Fsp3) is 0.0968. The molecular weight excluding hydrogens is 445 g/mol. The molecule has 0 spiro atoms. The molecule has 3 nitrogen and oxygen atoms in total. The van der Waals surface area contributed by atoms with Crippen molar-refractivity contribution < 1.29 is 0 Å². The van der Waals surface area contributed by atoms with Crippen LogP contribution in [0.15, 0.2) is 103 Å². The van der Waals surface area contributed by atoms with Crippen molar-refractivity contribution in [1.29, 1.82) is 0 Å². The summed E-state index contributed by atoms with van der Waals surface area (Å²) in [6.07, 6.45) is 3.79. The summed E-state index contributed by atoms with van der Waals surface area (Å²) in [4.78, 5) is 9.42. The minimum atomic E-state index is -0.521. The molecule has 3 aromatic heterocycles. The fourth-order valence-electron chi connectivity index (χ4n) is 4.88. The Morgan fingerprint density at radius 2 is 1.49 bits per heavy atom. The lowest BCUT2D eigenvalue weighted by atomic mass is 10.0. The van der Waals surface area contributed by atoms with Crippen LogP contribution in [0.3, 0.4) is 0 Å². The molecule has 3 heterocycles. The van der Waals surface area contributed by atoms with Gasteiger partial charge in [0.15, 0.2) is 0 Å². The molecule has 0 saturated heterocycles. The minimum Gasteiger partial charge on any atom is -0.294 e. The zero-order chi connectivity index (χ0) is 23.9. The summed E-state index contributed by atoms with van der Waals surface area (Å²) < 4.78 is 2.29. The Labute approximate surface area is 206 Å². The molecule has 1 unspecified atom stereocenters. The number of hydrogen-bond acceptors (Lipinski definition) is 2. The number of para-hydroxylation sites is 1. The highest BCUT2D eigenvalue weighted by molar-refractivity contribution is 7.72. The van der Waals surface area contributed by atoms with Crippen molar-refractivity contribution in [1.82, 2.24) is 14.5 Å². The fourth-order valence-corrected chi connectivity index (χ4v) is 6.61. The van der Waals surface area contributed by atoms with Crippen LogP contribution in [0.1, 0.15) is 11.1 Å². The maximum absolute atomic E-state index is 4.72. The molecule has 0 saturated carbocycles. The van der Waals surface area contributed by atoms with Crippen LogP contribution in [0.2, 0.25) is 0 Å². The van der Waals surface area contributed by atoms with E-state index in [1.807, 2.05) is 24.5 Å². The zero-order valence-corrected chi connectivity index (χ0v) is 21.0. The van der Waals surface area contributed by atoms with E-state index in [0.29, 0.717) is 0 Å². The Morgan fingerprint density at radius 3 is 2.34 bits per heavy atom. The summed E-state index contributed by atoms with van der Waals surface area (Å²) >= 11 is 0. The van der Waals surface area contributed by atoms with Gasteiger partial charge in [-0.3, -0.25) is 9.55 Å². The van der Waals surface area contributed by atoms with Gasteiger partial charge in [-0.05, 0) is 92.4 Å². The quantitative estimate of drug-likeness (QED) is 0.261. The van der Waals surface area contributed by atoms with E-state index in [1.54, 1.807) is 0 Å². The van der Waals surface area contributed by atoms with Crippen molar-refractivity contribution in [2.75, 3.05) is 6.66 Å². The average molecular weight is 472 g/mol. The van der Waals surface area contributed by atoms with Crippen molar-refractivity contribution in [3.05, 3.63) is 115 Å². The van der Waals surface area contributed by atoms with E-state index in [-0.39, 0.29) is 0 Å². The molecule has 0 bridgehead atoms. The Bertz CT molecular complexity index is 1700. The van der Waals surface area contributed by atoms with Gasteiger partial charge in [-0.2, -0.15) is 0 Å². The molecule has 0 radical (unpaired) electrons. The van der Waals surface area contributed by atoms with Crippen LogP contribution in [0.25, 0.3) is 38.8 Å². The molecule has 0 amide bonds. The lowest BCUT2D eigenvalue weighted by molar-refractivity contribution is 1.07. The van der Waals surface area contributed by atoms with Gasteiger partial charge in [0.2, 0.25) is 0 Å². The summed E-state index contributed by atoms with van der Waals surface area (Å²) in [5.74, 6) is 0.949. The van der Waals surface area contributed by atoms with Gasteiger partial charge >= 0.3 is 0 Å². The van der Waals surface area contributed by atoms with Crippen LogP contribution in [-0.4, -0.2) is 21.2 Å². The van der Waals surface area contributed by atoms with E-state index in [2.05, 4.69) is 104 Å². The first-order chi connectivity index (χ1) is 17.1. The molecule has 0 aliphatic heterocycles. The Morgan fingerprint density at radius 1 is 0.657 bits per heavy atom. The first-order valence-corrected chi connectivity index (χ1v) is 13.6. The van der Waals surface area contributed by atoms with Crippen LogP contribution in [0, 0.1) is 13.8 Å². The number of aryl methyl sites for hydroxylation is 2. The highest BCUT2D eigenvalue weighted by Crippen LogP contribution is 2.35. The predicted molar refractivity (Wildman–Crippen MR) is 150 cm³/mol. The third kappa shape index (κ3) is 3.83. The van der Waals surface area contributed by atoms with Gasteiger partial charge in [0, 0.05) is 23.2 Å². The van der Waals surface area contributed by atoms with Gasteiger partial charge in [0.05, 0.1) is 16.5 Å². The SMILES string of the molecule is Cc1ccnc(-n2c3ccccc3c3ccc(-c4cccc(P(C)c5ncccc5C)c4)cc32)c1. The normalized spacial score (nSPS) is 12.3. The second kappa shape index (κ2) is 8.76. The largest absolute Gasteiger partial charge is 0.294 e. The van der Waals surface area contributed by atoms with Crippen LogP contribution < -0.4 is 10.7 Å². The number of pyridine rings is 2. The molecule has 0 N–H and O–H groups in total. The number of benzene rings is 3. The maximum Gasteiger partial charge on any atom is 0.137 e. The third-order valence-corrected chi connectivity index (χ3v) is 8.83. The second-order valence-electron chi connectivity index (χ2n) is 9.03. The molecule has 170 valence electrons. The van der Waals surface area contributed by atoms with Gasteiger partial charge in [-0.25, -0.2) is 4.98 Å². The van der Waals surface area contributed by atoms with E-state index in [9.17, 15) is 0 Å². The first kappa shape index (κ1) is 21.7. The lowest BCUT2D eigenvalue weighted by Gasteiger charge is -2.15. The molecule has 0 aliphatic rings. The molecule has 35 heavy (non-hydrogen) atoms. The van der Waals surface area contributed by atoms with E-state index >= 15 is 0 Å². The van der Waals surface area contributed by atoms with Crippen LogP contribution >= 0.6 is 7.92 Å². The molecule has 0 fully saturated rings. The van der Waals surface area contributed by atoms with Crippen molar-refractivity contribution in [3.8, 4) is 16.9 Å². The first-order valence-electron chi connectivity index (χ1n) is 11.8. The van der Waals surface area contributed by atoms with E-state index in [0.717, 1.165) is 5.82 Å². The smallest absolute Gasteiger partial charge is 0.137 e. The Kier molecular flexibility index (Phi) is 5.43. The van der Waals surface area contributed by atoms with Crippen LogP contribution in [-0.2, 0) is 0 Å². The summed E-state index contributed by atoms with van der Waals surface area (Å²) in [5, 5.41) is 3.82. The number of rotatable bonds is 4. The van der Waals surface area contributed by atoms with Crippen molar-refractivity contribution in [2.45, 2.75) is 13.8 Å². The number of fused-ring (bicyclic) bond motifs is 3. The molecule has 6 aromatic rings. The van der Waals surface area contributed by atoms with Crippen LogP contribution in [0.4, 0.5) is 0 Å². The molecule has 4 heteroatoms. The van der Waals surface area contributed by atoms with Gasteiger partial charge in [0.1, 0.15) is 5.82 Å². The predicted octanol–water partition coefficient (Wildman–Crippen LogP) is 6.92. The van der Waals surface area contributed by atoms with E-state index in [1.165, 1.54) is 54.8 Å². The lowest BCUT2D eigenvalue weighted by Crippen LogP contribution is -2.16. The summed E-state index contributed by atoms with van der Waals surface area (Å²) in [6, 6.07) is 32.7. The van der Waals surface area contributed by atoms with Crippen molar-refractivity contribution in [3.63, 3.8) is 0 Å². The van der Waals surface area contributed by atoms with Gasteiger partial charge in [-0.1, -0.05) is 54.6 Å². The average Bonchev–Trinajstić information content (AvgIpc) is 3.22.